The molecular formula is C12H25NO. The molecule has 0 aromatic rings. The molecule has 84 valence electrons. The van der Waals surface area contributed by atoms with Crippen LogP contribution in [0, 0.1) is 0 Å². The Hall–Kier alpha value is -0.0800. The van der Waals surface area contributed by atoms with Crippen LogP contribution in [0.2, 0.25) is 0 Å². The van der Waals surface area contributed by atoms with Crippen LogP contribution in [0.5, 0.6) is 0 Å². The van der Waals surface area contributed by atoms with Gasteiger partial charge in [0.05, 0.1) is 12.7 Å². The fourth-order valence-corrected chi connectivity index (χ4v) is 2.01. The molecule has 0 aromatic heterocycles. The van der Waals surface area contributed by atoms with Crippen molar-refractivity contribution in [2.45, 2.75) is 58.0 Å². The van der Waals surface area contributed by atoms with Crippen molar-refractivity contribution in [2.24, 2.45) is 0 Å². The van der Waals surface area contributed by atoms with Crippen molar-refractivity contribution < 1.29 is 4.74 Å². The minimum Gasteiger partial charge on any atom is -0.377 e. The van der Waals surface area contributed by atoms with Crippen molar-refractivity contribution in [1.82, 2.24) is 5.32 Å². The molecule has 0 unspecified atom stereocenters. The van der Waals surface area contributed by atoms with E-state index in [4.69, 9.17) is 4.74 Å². The molecule has 1 fully saturated rings. The Balaban J connectivity index is 1.93. The molecule has 1 N–H and O–H groups in total. The normalized spacial score (nSPS) is 19.5. The number of hydrogen-bond acceptors (Lipinski definition) is 2. The van der Waals surface area contributed by atoms with Gasteiger partial charge in [0.2, 0.25) is 0 Å². The molecule has 2 heteroatoms. The zero-order chi connectivity index (χ0) is 10.1. The molecule has 0 amide bonds. The zero-order valence-corrected chi connectivity index (χ0v) is 9.56. The summed E-state index contributed by atoms with van der Waals surface area (Å²) in [6.45, 7) is 5.22. The van der Waals surface area contributed by atoms with E-state index in [1.54, 1.807) is 0 Å². The molecule has 1 aliphatic rings. The van der Waals surface area contributed by atoms with Crippen LogP contribution >= 0.6 is 0 Å². The number of ether oxygens (including phenoxy) is 1. The molecule has 2 nitrogen and oxygen atoms in total. The molecule has 0 aromatic carbocycles. The van der Waals surface area contributed by atoms with Crippen molar-refractivity contribution >= 4 is 0 Å². The molecule has 1 rings (SSSR count). The summed E-state index contributed by atoms with van der Waals surface area (Å²) < 4.78 is 5.85. The third-order valence-electron chi connectivity index (χ3n) is 2.86. The fraction of sp³-hybridized carbons (Fsp3) is 1.00. The smallest absolute Gasteiger partial charge is 0.0594 e. The second-order valence-electron chi connectivity index (χ2n) is 4.23. The van der Waals surface area contributed by atoms with Gasteiger partial charge in [-0.15, -0.1) is 0 Å². The summed E-state index contributed by atoms with van der Waals surface area (Å²) in [6.07, 6.45) is 9.90. The lowest BCUT2D eigenvalue weighted by Crippen LogP contribution is -2.23. The summed E-state index contributed by atoms with van der Waals surface area (Å²) in [5.41, 5.74) is 0. The Bertz CT molecular complexity index is 119. The Morgan fingerprint density at radius 2 is 1.79 bits per heavy atom. The molecule has 0 heterocycles. The molecule has 0 aliphatic heterocycles. The van der Waals surface area contributed by atoms with Crippen LogP contribution in [0.15, 0.2) is 0 Å². The lowest BCUT2D eigenvalue weighted by Gasteiger charge is -2.15. The molecule has 0 saturated heterocycles. The van der Waals surface area contributed by atoms with Gasteiger partial charge in [0.25, 0.3) is 0 Å². The standard InChI is InChI=1S/C12H25NO/c1-2-9-13-10-11-14-12-7-5-3-4-6-8-12/h12-13H,2-11H2,1H3. The van der Waals surface area contributed by atoms with E-state index in [1.807, 2.05) is 0 Å². The maximum absolute atomic E-state index is 5.85. The van der Waals surface area contributed by atoms with Gasteiger partial charge in [0.1, 0.15) is 0 Å². The van der Waals surface area contributed by atoms with Crippen LogP contribution in [0.4, 0.5) is 0 Å². The van der Waals surface area contributed by atoms with E-state index in [9.17, 15) is 0 Å². The quantitative estimate of drug-likeness (QED) is 0.524. The largest absolute Gasteiger partial charge is 0.377 e. The van der Waals surface area contributed by atoms with E-state index in [0.717, 1.165) is 19.7 Å². The zero-order valence-electron chi connectivity index (χ0n) is 9.56. The molecule has 14 heavy (non-hydrogen) atoms. The second kappa shape index (κ2) is 8.25. The first-order valence-corrected chi connectivity index (χ1v) is 6.26. The fourth-order valence-electron chi connectivity index (χ4n) is 2.01. The highest BCUT2D eigenvalue weighted by Crippen LogP contribution is 2.19. The lowest BCUT2D eigenvalue weighted by molar-refractivity contribution is 0.0452. The molecule has 0 bridgehead atoms. The highest BCUT2D eigenvalue weighted by atomic mass is 16.5. The van der Waals surface area contributed by atoms with E-state index in [1.165, 1.54) is 44.9 Å². The van der Waals surface area contributed by atoms with Crippen molar-refractivity contribution in [2.75, 3.05) is 19.7 Å². The Kier molecular flexibility index (Phi) is 7.06. The topological polar surface area (TPSA) is 21.3 Å². The third-order valence-corrected chi connectivity index (χ3v) is 2.86. The molecule has 0 atom stereocenters. The van der Waals surface area contributed by atoms with Crippen LogP contribution in [0.25, 0.3) is 0 Å². The lowest BCUT2D eigenvalue weighted by atomic mass is 10.1. The first kappa shape index (κ1) is 12.0. The van der Waals surface area contributed by atoms with Gasteiger partial charge in [0.15, 0.2) is 0 Å². The van der Waals surface area contributed by atoms with E-state index < -0.39 is 0 Å². The molecule has 0 spiro atoms. The molecule has 0 radical (unpaired) electrons. The van der Waals surface area contributed by atoms with Crippen LogP contribution in [-0.2, 0) is 4.74 Å². The number of nitrogens with one attached hydrogen (secondary N) is 1. The summed E-state index contributed by atoms with van der Waals surface area (Å²) in [5.74, 6) is 0. The minimum atomic E-state index is 0.556. The maximum Gasteiger partial charge on any atom is 0.0594 e. The van der Waals surface area contributed by atoms with Crippen LogP contribution in [0.3, 0.4) is 0 Å². The second-order valence-corrected chi connectivity index (χ2v) is 4.23. The summed E-state index contributed by atoms with van der Waals surface area (Å²) in [5, 5.41) is 3.37. The number of hydrogen-bond donors (Lipinski definition) is 1. The molecule has 1 saturated carbocycles. The molecular weight excluding hydrogens is 174 g/mol. The van der Waals surface area contributed by atoms with Gasteiger partial charge < -0.3 is 10.1 Å². The van der Waals surface area contributed by atoms with Gasteiger partial charge in [-0.3, -0.25) is 0 Å². The Morgan fingerprint density at radius 1 is 1.07 bits per heavy atom. The summed E-state index contributed by atoms with van der Waals surface area (Å²) >= 11 is 0. The average Bonchev–Trinajstić information content (AvgIpc) is 2.46. The maximum atomic E-state index is 5.85. The predicted octanol–water partition coefficient (Wildman–Crippen LogP) is 2.73. The Morgan fingerprint density at radius 3 is 2.43 bits per heavy atom. The third kappa shape index (κ3) is 5.61. The van der Waals surface area contributed by atoms with Crippen LogP contribution < -0.4 is 5.32 Å². The summed E-state index contributed by atoms with van der Waals surface area (Å²) in [6, 6.07) is 0. The van der Waals surface area contributed by atoms with Gasteiger partial charge in [-0.1, -0.05) is 32.6 Å². The van der Waals surface area contributed by atoms with Gasteiger partial charge in [-0.25, -0.2) is 0 Å². The average molecular weight is 199 g/mol. The molecule has 1 aliphatic carbocycles. The van der Waals surface area contributed by atoms with Crippen molar-refractivity contribution in [3.63, 3.8) is 0 Å². The summed E-state index contributed by atoms with van der Waals surface area (Å²) in [4.78, 5) is 0. The van der Waals surface area contributed by atoms with Crippen LogP contribution in [0.1, 0.15) is 51.9 Å². The SMILES string of the molecule is CCCNCCOC1CCCCCC1. The first-order valence-electron chi connectivity index (χ1n) is 6.26. The van der Waals surface area contributed by atoms with E-state index in [-0.39, 0.29) is 0 Å². The highest BCUT2D eigenvalue weighted by Gasteiger charge is 2.11. The van der Waals surface area contributed by atoms with E-state index in [0.29, 0.717) is 6.10 Å². The van der Waals surface area contributed by atoms with Gasteiger partial charge >= 0.3 is 0 Å². The van der Waals surface area contributed by atoms with Gasteiger partial charge in [-0.2, -0.15) is 0 Å². The Labute approximate surface area is 88.4 Å². The minimum absolute atomic E-state index is 0.556. The monoisotopic (exact) mass is 199 g/mol. The van der Waals surface area contributed by atoms with Gasteiger partial charge in [0, 0.05) is 6.54 Å². The number of rotatable bonds is 6. The predicted molar refractivity (Wildman–Crippen MR) is 60.6 cm³/mol. The summed E-state index contributed by atoms with van der Waals surface area (Å²) in [7, 11) is 0. The van der Waals surface area contributed by atoms with E-state index in [2.05, 4.69) is 12.2 Å². The highest BCUT2D eigenvalue weighted by molar-refractivity contribution is 4.64. The van der Waals surface area contributed by atoms with Crippen molar-refractivity contribution in [1.29, 1.82) is 0 Å². The van der Waals surface area contributed by atoms with Gasteiger partial charge in [-0.05, 0) is 25.8 Å². The first-order chi connectivity index (χ1) is 6.93. The van der Waals surface area contributed by atoms with Crippen molar-refractivity contribution in [3.8, 4) is 0 Å². The van der Waals surface area contributed by atoms with Crippen LogP contribution in [-0.4, -0.2) is 25.8 Å². The van der Waals surface area contributed by atoms with Crippen molar-refractivity contribution in [3.05, 3.63) is 0 Å². The van der Waals surface area contributed by atoms with E-state index >= 15 is 0 Å².